The molecule has 2 unspecified atom stereocenters. The molecule has 6 nitrogen and oxygen atoms in total. The minimum Gasteiger partial charge on any atom is -0.399 e. The van der Waals surface area contributed by atoms with Crippen LogP contribution >= 0.6 is 23.2 Å². The smallest absolute Gasteiger partial charge is 0.256 e. The maximum atomic E-state index is 12.4. The maximum absolute atomic E-state index is 12.4. The number of anilines is 1. The van der Waals surface area contributed by atoms with Crippen LogP contribution in [0.25, 0.3) is 0 Å². The van der Waals surface area contributed by atoms with Crippen LogP contribution in [0.4, 0.5) is 5.69 Å². The first-order valence-corrected chi connectivity index (χ1v) is 6.59. The van der Waals surface area contributed by atoms with Gasteiger partial charge in [0, 0.05) is 18.7 Å². The number of benzene rings is 1. The molecule has 1 aromatic rings. The summed E-state index contributed by atoms with van der Waals surface area (Å²) in [6.07, 6.45) is -0.693. The van der Waals surface area contributed by atoms with Crippen molar-refractivity contribution in [2.45, 2.75) is 18.6 Å². The lowest BCUT2D eigenvalue weighted by Gasteiger charge is -2.22. The fourth-order valence-corrected chi connectivity index (χ4v) is 2.65. The molecule has 1 saturated heterocycles. The number of β-amino-alcohol motifs (C(OH)–C–C–N with tert-alkyl or cyclic N) is 1. The van der Waals surface area contributed by atoms with Gasteiger partial charge < -0.3 is 21.5 Å². The summed E-state index contributed by atoms with van der Waals surface area (Å²) >= 11 is 11.9. The van der Waals surface area contributed by atoms with Gasteiger partial charge in [0.2, 0.25) is 5.91 Å². The SMILES string of the molecule is NC(=O)C1CC(O)CN1C(=O)c1cc(N)cc(Cl)c1Cl. The number of carbonyl (C=O) groups is 2. The van der Waals surface area contributed by atoms with Crippen LogP contribution in [0, 0.1) is 0 Å². The summed E-state index contributed by atoms with van der Waals surface area (Å²) in [5, 5.41) is 9.80. The summed E-state index contributed by atoms with van der Waals surface area (Å²) < 4.78 is 0. The quantitative estimate of drug-likeness (QED) is 0.695. The van der Waals surface area contributed by atoms with Crippen molar-refractivity contribution in [3.63, 3.8) is 0 Å². The van der Waals surface area contributed by atoms with Crippen molar-refractivity contribution in [2.75, 3.05) is 12.3 Å². The Bertz CT molecular complexity index is 579. The number of hydrogen-bond acceptors (Lipinski definition) is 4. The zero-order valence-corrected chi connectivity index (χ0v) is 11.9. The van der Waals surface area contributed by atoms with Crippen LogP contribution in [-0.4, -0.2) is 40.5 Å². The van der Waals surface area contributed by atoms with E-state index in [9.17, 15) is 14.7 Å². The molecule has 0 aliphatic carbocycles. The number of nitrogen functional groups attached to an aromatic ring is 1. The van der Waals surface area contributed by atoms with E-state index in [1.807, 2.05) is 0 Å². The van der Waals surface area contributed by atoms with Crippen molar-refractivity contribution >= 4 is 40.7 Å². The molecule has 0 radical (unpaired) electrons. The highest BCUT2D eigenvalue weighted by molar-refractivity contribution is 6.44. The average molecular weight is 318 g/mol. The van der Waals surface area contributed by atoms with Crippen molar-refractivity contribution < 1.29 is 14.7 Å². The molecule has 108 valence electrons. The Hall–Kier alpha value is -1.50. The number of likely N-dealkylation sites (tertiary alicyclic amines) is 1. The lowest BCUT2D eigenvalue weighted by atomic mass is 10.1. The number of hydrogen-bond donors (Lipinski definition) is 3. The molecule has 1 aliphatic rings. The van der Waals surface area contributed by atoms with Gasteiger partial charge in [-0.05, 0) is 12.1 Å². The average Bonchev–Trinajstić information content (AvgIpc) is 2.75. The van der Waals surface area contributed by atoms with Gasteiger partial charge in [-0.15, -0.1) is 0 Å². The maximum Gasteiger partial charge on any atom is 0.256 e. The Morgan fingerprint density at radius 3 is 2.60 bits per heavy atom. The molecular formula is C12H13Cl2N3O3. The van der Waals surface area contributed by atoms with E-state index in [0.717, 1.165) is 0 Å². The molecule has 5 N–H and O–H groups in total. The number of nitrogens with zero attached hydrogens (tertiary/aromatic N) is 1. The summed E-state index contributed by atoms with van der Waals surface area (Å²) in [7, 11) is 0. The molecule has 20 heavy (non-hydrogen) atoms. The fraction of sp³-hybridized carbons (Fsp3) is 0.333. The second-order valence-corrected chi connectivity index (χ2v) is 5.41. The van der Waals surface area contributed by atoms with Crippen molar-refractivity contribution in [3.8, 4) is 0 Å². The largest absolute Gasteiger partial charge is 0.399 e. The van der Waals surface area contributed by atoms with Gasteiger partial charge in [-0.3, -0.25) is 9.59 Å². The van der Waals surface area contributed by atoms with Gasteiger partial charge in [0.1, 0.15) is 6.04 Å². The molecule has 2 atom stereocenters. The standard InChI is InChI=1S/C12H13Cl2N3O3/c13-8-2-5(15)1-7(10(8)14)12(20)17-4-6(18)3-9(17)11(16)19/h1-2,6,9,18H,3-4,15H2,(H2,16,19). The monoisotopic (exact) mass is 317 g/mol. The Labute approximate surface area is 125 Å². The molecular weight excluding hydrogens is 305 g/mol. The third-order valence-electron chi connectivity index (χ3n) is 3.15. The zero-order chi connectivity index (χ0) is 15.0. The Kier molecular flexibility index (Phi) is 4.08. The molecule has 0 saturated carbocycles. The van der Waals surface area contributed by atoms with E-state index in [0.29, 0.717) is 0 Å². The van der Waals surface area contributed by atoms with Gasteiger partial charge in [0.05, 0.1) is 21.7 Å². The predicted octanol–water partition coefficient (Wildman–Crippen LogP) is 0.636. The van der Waals surface area contributed by atoms with Crippen LogP contribution in [0.2, 0.25) is 10.0 Å². The van der Waals surface area contributed by atoms with E-state index in [1.54, 1.807) is 0 Å². The lowest BCUT2D eigenvalue weighted by Crippen LogP contribution is -2.43. The summed E-state index contributed by atoms with van der Waals surface area (Å²) in [5.74, 6) is -1.22. The molecule has 1 aliphatic heterocycles. The number of halogens is 2. The summed E-state index contributed by atoms with van der Waals surface area (Å²) in [4.78, 5) is 25.0. The highest BCUT2D eigenvalue weighted by atomic mass is 35.5. The van der Waals surface area contributed by atoms with Crippen LogP contribution in [0.3, 0.4) is 0 Å². The molecule has 1 aromatic carbocycles. The Balaban J connectivity index is 2.38. The lowest BCUT2D eigenvalue weighted by molar-refractivity contribution is -0.121. The molecule has 1 fully saturated rings. The zero-order valence-electron chi connectivity index (χ0n) is 10.3. The highest BCUT2D eigenvalue weighted by Crippen LogP contribution is 2.31. The van der Waals surface area contributed by atoms with Gasteiger partial charge in [-0.2, -0.15) is 0 Å². The number of rotatable bonds is 2. The number of nitrogens with two attached hydrogens (primary N) is 2. The number of amides is 2. The van der Waals surface area contributed by atoms with Crippen LogP contribution in [-0.2, 0) is 4.79 Å². The van der Waals surface area contributed by atoms with E-state index < -0.39 is 24.0 Å². The van der Waals surface area contributed by atoms with Crippen molar-refractivity contribution in [1.29, 1.82) is 0 Å². The number of primary amides is 1. The van der Waals surface area contributed by atoms with Crippen LogP contribution in [0.1, 0.15) is 16.8 Å². The molecule has 2 amide bonds. The van der Waals surface area contributed by atoms with Gasteiger partial charge in [0.25, 0.3) is 5.91 Å². The third-order valence-corrected chi connectivity index (χ3v) is 3.95. The first-order valence-electron chi connectivity index (χ1n) is 5.84. The third kappa shape index (κ3) is 2.67. The summed E-state index contributed by atoms with van der Waals surface area (Å²) in [5.41, 5.74) is 11.2. The van der Waals surface area contributed by atoms with Crippen LogP contribution in [0.5, 0.6) is 0 Å². The van der Waals surface area contributed by atoms with E-state index in [2.05, 4.69) is 0 Å². The van der Waals surface area contributed by atoms with Crippen molar-refractivity contribution in [2.24, 2.45) is 5.73 Å². The summed E-state index contributed by atoms with van der Waals surface area (Å²) in [6, 6.07) is 1.93. The van der Waals surface area contributed by atoms with Crippen LogP contribution < -0.4 is 11.5 Å². The van der Waals surface area contributed by atoms with Crippen molar-refractivity contribution in [1.82, 2.24) is 4.90 Å². The van der Waals surface area contributed by atoms with Crippen LogP contribution in [0.15, 0.2) is 12.1 Å². The Morgan fingerprint density at radius 1 is 1.35 bits per heavy atom. The molecule has 2 rings (SSSR count). The fourth-order valence-electron chi connectivity index (χ4n) is 2.23. The number of aliphatic hydroxyl groups excluding tert-OH is 1. The molecule has 0 spiro atoms. The summed E-state index contributed by atoms with van der Waals surface area (Å²) in [6.45, 7) is 0.00911. The van der Waals surface area contributed by atoms with E-state index in [4.69, 9.17) is 34.7 Å². The minimum absolute atomic E-state index is 0.00911. The molecule has 1 heterocycles. The van der Waals surface area contributed by atoms with Gasteiger partial charge in [0.15, 0.2) is 0 Å². The molecule has 0 aromatic heterocycles. The van der Waals surface area contributed by atoms with E-state index >= 15 is 0 Å². The molecule has 0 bridgehead atoms. The first-order chi connectivity index (χ1) is 9.31. The predicted molar refractivity (Wildman–Crippen MR) is 75.5 cm³/mol. The Morgan fingerprint density at radius 2 is 2.00 bits per heavy atom. The van der Waals surface area contributed by atoms with Crippen molar-refractivity contribution in [3.05, 3.63) is 27.7 Å². The number of carbonyl (C=O) groups excluding carboxylic acids is 2. The van der Waals surface area contributed by atoms with Gasteiger partial charge in [-0.25, -0.2) is 0 Å². The minimum atomic E-state index is -0.867. The van der Waals surface area contributed by atoms with Gasteiger partial charge in [-0.1, -0.05) is 23.2 Å². The van der Waals surface area contributed by atoms with E-state index in [-0.39, 0.29) is 34.3 Å². The normalized spacial score (nSPS) is 22.1. The second kappa shape index (κ2) is 5.47. The topological polar surface area (TPSA) is 110 Å². The van der Waals surface area contributed by atoms with Gasteiger partial charge >= 0.3 is 0 Å². The number of aliphatic hydroxyl groups is 1. The second-order valence-electron chi connectivity index (χ2n) is 4.63. The van der Waals surface area contributed by atoms with E-state index in [1.165, 1.54) is 17.0 Å². The first kappa shape index (κ1) is 14.9. The molecule has 8 heteroatoms. The highest BCUT2D eigenvalue weighted by Gasteiger charge is 2.38.